The lowest BCUT2D eigenvalue weighted by molar-refractivity contribution is 0.0942. The van der Waals surface area contributed by atoms with Crippen molar-refractivity contribution in [2.24, 2.45) is 7.05 Å². The zero-order valence-electron chi connectivity index (χ0n) is 16.5. The number of rotatable bonds is 5. The van der Waals surface area contributed by atoms with E-state index in [0.717, 1.165) is 29.4 Å². The van der Waals surface area contributed by atoms with Crippen LogP contribution in [0.4, 0.5) is 4.39 Å². The average Bonchev–Trinajstić information content (AvgIpc) is 3.52. The Hall–Kier alpha value is -3.54. The van der Waals surface area contributed by atoms with Gasteiger partial charge in [-0.1, -0.05) is 30.3 Å². The van der Waals surface area contributed by atoms with Crippen LogP contribution in [-0.2, 0) is 7.05 Å². The molecule has 2 heterocycles. The maximum Gasteiger partial charge on any atom is 0.252 e. The summed E-state index contributed by atoms with van der Waals surface area (Å²) in [5, 5.41) is 3.89. The van der Waals surface area contributed by atoms with E-state index in [4.69, 9.17) is 4.98 Å². The first-order valence-electron chi connectivity index (χ1n) is 10.0. The smallest absolute Gasteiger partial charge is 0.252 e. The highest BCUT2D eigenvalue weighted by Gasteiger charge is 2.28. The molecule has 0 radical (unpaired) electrons. The van der Waals surface area contributed by atoms with Crippen molar-refractivity contribution in [1.29, 1.82) is 0 Å². The number of aryl methyl sites for hydroxylation is 1. The van der Waals surface area contributed by atoms with Crippen LogP contribution in [0, 0.1) is 5.82 Å². The molecule has 2 aromatic carbocycles. The van der Waals surface area contributed by atoms with Gasteiger partial charge in [0.25, 0.3) is 5.91 Å². The molecule has 1 saturated carbocycles. The summed E-state index contributed by atoms with van der Waals surface area (Å²) in [5.41, 5.74) is 2.99. The average molecular weight is 400 g/mol. The summed E-state index contributed by atoms with van der Waals surface area (Å²) in [6.45, 7) is 0. The lowest BCUT2D eigenvalue weighted by atomic mass is 10.0. The molecule has 4 aromatic rings. The first-order valence-corrected chi connectivity index (χ1v) is 10.0. The minimum Gasteiger partial charge on any atom is -0.338 e. The Labute approximate surface area is 173 Å². The van der Waals surface area contributed by atoms with Crippen LogP contribution in [0.2, 0.25) is 0 Å². The molecule has 1 amide bonds. The number of amides is 1. The number of nitrogens with zero attached hydrogens (tertiary/aromatic N) is 3. The van der Waals surface area contributed by atoms with Crippen molar-refractivity contribution in [2.45, 2.75) is 24.8 Å². The lowest BCUT2D eigenvalue weighted by Gasteiger charge is -2.20. The van der Waals surface area contributed by atoms with Gasteiger partial charge in [0, 0.05) is 36.4 Å². The first kappa shape index (κ1) is 18.5. The number of carbonyl (C=O) groups is 1. The Morgan fingerprint density at radius 1 is 1.17 bits per heavy atom. The summed E-state index contributed by atoms with van der Waals surface area (Å²) < 4.78 is 15.8. The van der Waals surface area contributed by atoms with Crippen molar-refractivity contribution in [2.75, 3.05) is 0 Å². The number of hydrogen-bond donors (Lipinski definition) is 1. The summed E-state index contributed by atoms with van der Waals surface area (Å²) in [7, 11) is 1.85. The molecule has 1 aliphatic carbocycles. The molecule has 5 rings (SSSR count). The number of benzene rings is 2. The summed E-state index contributed by atoms with van der Waals surface area (Å²) >= 11 is 0. The number of hydrogen-bond acceptors (Lipinski definition) is 3. The number of para-hydroxylation sites is 1. The van der Waals surface area contributed by atoms with Crippen molar-refractivity contribution in [1.82, 2.24) is 19.9 Å². The molecular weight excluding hydrogens is 379 g/mol. The summed E-state index contributed by atoms with van der Waals surface area (Å²) in [5.74, 6) is 0.476. The van der Waals surface area contributed by atoms with Gasteiger partial charge < -0.3 is 9.88 Å². The molecule has 2 aromatic heterocycles. The van der Waals surface area contributed by atoms with Gasteiger partial charge >= 0.3 is 0 Å². The van der Waals surface area contributed by atoms with Gasteiger partial charge in [-0.3, -0.25) is 9.78 Å². The van der Waals surface area contributed by atoms with E-state index in [-0.39, 0.29) is 11.7 Å². The predicted molar refractivity (Wildman–Crippen MR) is 113 cm³/mol. The second kappa shape index (κ2) is 7.37. The topological polar surface area (TPSA) is 59.8 Å². The number of imidazole rings is 1. The molecule has 0 spiro atoms. The van der Waals surface area contributed by atoms with Gasteiger partial charge in [0.2, 0.25) is 0 Å². The normalized spacial score (nSPS) is 14.6. The van der Waals surface area contributed by atoms with E-state index in [2.05, 4.69) is 10.3 Å². The van der Waals surface area contributed by atoms with Crippen LogP contribution in [-0.4, -0.2) is 20.4 Å². The van der Waals surface area contributed by atoms with Crippen molar-refractivity contribution in [3.63, 3.8) is 0 Å². The molecule has 1 aliphatic rings. The van der Waals surface area contributed by atoms with E-state index in [1.165, 1.54) is 12.1 Å². The van der Waals surface area contributed by atoms with Gasteiger partial charge in [-0.2, -0.15) is 0 Å². The predicted octanol–water partition coefficient (Wildman–Crippen LogP) is 4.50. The monoisotopic (exact) mass is 400 g/mol. The molecule has 0 aliphatic heterocycles. The fraction of sp³-hybridized carbons (Fsp3) is 0.208. The molecule has 1 fully saturated rings. The van der Waals surface area contributed by atoms with E-state index in [0.29, 0.717) is 22.9 Å². The Balaban J connectivity index is 1.57. The molecule has 1 N–H and O–H groups in total. The van der Waals surface area contributed by atoms with Gasteiger partial charge in [0.1, 0.15) is 17.7 Å². The number of fused-ring (bicyclic) bond motifs is 1. The molecular formula is C24H21FN4O. The SMILES string of the molecule is Cn1ccnc1C(NC(=O)c1cc(C2CC2)nc2ccccc12)c1cccc(F)c1. The number of carbonyl (C=O) groups excluding carboxylic acids is 1. The van der Waals surface area contributed by atoms with E-state index in [1.54, 1.807) is 24.5 Å². The van der Waals surface area contributed by atoms with Crippen LogP contribution in [0.1, 0.15) is 52.2 Å². The number of aromatic nitrogens is 3. The van der Waals surface area contributed by atoms with Crippen molar-refractivity contribution >= 4 is 16.8 Å². The molecule has 150 valence electrons. The Kier molecular flexibility index (Phi) is 4.54. The van der Waals surface area contributed by atoms with Crippen LogP contribution in [0.3, 0.4) is 0 Å². The van der Waals surface area contributed by atoms with Crippen LogP contribution in [0.25, 0.3) is 10.9 Å². The lowest BCUT2D eigenvalue weighted by Crippen LogP contribution is -2.31. The largest absolute Gasteiger partial charge is 0.338 e. The Bertz CT molecular complexity index is 1240. The van der Waals surface area contributed by atoms with E-state index < -0.39 is 6.04 Å². The third-order valence-electron chi connectivity index (χ3n) is 5.55. The molecule has 1 atom stereocenters. The van der Waals surface area contributed by atoms with Crippen molar-refractivity contribution in [3.05, 3.63) is 95.5 Å². The molecule has 0 bridgehead atoms. The van der Waals surface area contributed by atoms with Crippen LogP contribution in [0.15, 0.2) is 67.0 Å². The van der Waals surface area contributed by atoms with Crippen LogP contribution in [0.5, 0.6) is 0 Å². The Morgan fingerprint density at radius 3 is 2.73 bits per heavy atom. The van der Waals surface area contributed by atoms with Crippen LogP contribution >= 0.6 is 0 Å². The quantitative estimate of drug-likeness (QED) is 0.536. The van der Waals surface area contributed by atoms with Gasteiger partial charge in [-0.15, -0.1) is 0 Å². The highest BCUT2D eigenvalue weighted by molar-refractivity contribution is 6.06. The first-order chi connectivity index (χ1) is 14.6. The number of nitrogens with one attached hydrogen (secondary N) is 1. The Morgan fingerprint density at radius 2 is 2.00 bits per heavy atom. The van der Waals surface area contributed by atoms with E-state index >= 15 is 0 Å². The number of halogens is 1. The van der Waals surface area contributed by atoms with Gasteiger partial charge in [0.05, 0.1) is 11.1 Å². The van der Waals surface area contributed by atoms with Gasteiger partial charge in [-0.25, -0.2) is 9.37 Å². The summed E-state index contributed by atoms with van der Waals surface area (Å²) in [6.07, 6.45) is 5.68. The molecule has 5 nitrogen and oxygen atoms in total. The molecule has 6 heteroatoms. The molecule has 1 unspecified atom stereocenters. The maximum atomic E-state index is 13.9. The summed E-state index contributed by atoms with van der Waals surface area (Å²) in [4.78, 5) is 22.6. The van der Waals surface area contributed by atoms with Crippen molar-refractivity contribution in [3.8, 4) is 0 Å². The standard InChI is InChI=1S/C24H21FN4O/c1-29-12-11-26-23(29)22(16-5-4-6-17(25)13-16)28-24(30)19-14-21(15-9-10-15)27-20-8-3-2-7-18(19)20/h2-8,11-15,22H,9-10H2,1H3,(H,28,30). The fourth-order valence-corrected chi connectivity index (χ4v) is 3.82. The van der Waals surface area contributed by atoms with Crippen molar-refractivity contribution < 1.29 is 9.18 Å². The van der Waals surface area contributed by atoms with Crippen LogP contribution < -0.4 is 5.32 Å². The third kappa shape index (κ3) is 3.45. The van der Waals surface area contributed by atoms with E-state index in [1.807, 2.05) is 41.9 Å². The zero-order valence-corrected chi connectivity index (χ0v) is 16.5. The van der Waals surface area contributed by atoms with Gasteiger partial charge in [-0.05, 0) is 42.7 Å². The number of pyridine rings is 1. The third-order valence-corrected chi connectivity index (χ3v) is 5.55. The highest BCUT2D eigenvalue weighted by Crippen LogP contribution is 2.40. The highest BCUT2D eigenvalue weighted by atomic mass is 19.1. The zero-order chi connectivity index (χ0) is 20.7. The summed E-state index contributed by atoms with van der Waals surface area (Å²) in [6, 6.07) is 15.2. The van der Waals surface area contributed by atoms with E-state index in [9.17, 15) is 9.18 Å². The minimum atomic E-state index is -0.579. The second-order valence-electron chi connectivity index (χ2n) is 7.74. The molecule has 0 saturated heterocycles. The molecule has 30 heavy (non-hydrogen) atoms. The minimum absolute atomic E-state index is 0.229. The maximum absolute atomic E-state index is 13.9. The fourth-order valence-electron chi connectivity index (χ4n) is 3.82. The van der Waals surface area contributed by atoms with Gasteiger partial charge in [0.15, 0.2) is 0 Å². The second-order valence-corrected chi connectivity index (χ2v) is 7.74.